The predicted octanol–water partition coefficient (Wildman–Crippen LogP) is 6.18. The number of aryl methyl sites for hydroxylation is 2. The zero-order valence-electron chi connectivity index (χ0n) is 22.1. The molecule has 0 aromatic heterocycles. The van der Waals surface area contributed by atoms with Crippen LogP contribution in [0.3, 0.4) is 0 Å². The summed E-state index contributed by atoms with van der Waals surface area (Å²) >= 11 is 0. The number of hydrogen-bond donors (Lipinski definition) is 2. The molecule has 1 heterocycles. The number of rotatable bonds is 9. The number of phenols is 1. The van der Waals surface area contributed by atoms with E-state index in [9.17, 15) is 5.11 Å². The molecule has 3 aromatic rings. The van der Waals surface area contributed by atoms with Crippen molar-refractivity contribution in [3.8, 4) is 28.4 Å². The van der Waals surface area contributed by atoms with Crippen LogP contribution in [0.2, 0.25) is 0 Å². The van der Waals surface area contributed by atoms with Gasteiger partial charge in [-0.15, -0.1) is 0 Å². The predicted molar refractivity (Wildman–Crippen MR) is 151 cm³/mol. The van der Waals surface area contributed by atoms with Crippen molar-refractivity contribution in [2.24, 2.45) is 0 Å². The van der Waals surface area contributed by atoms with Gasteiger partial charge in [0, 0.05) is 28.9 Å². The average molecular weight is 501 g/mol. The monoisotopic (exact) mass is 500 g/mol. The largest absolute Gasteiger partial charge is 0.507 e. The minimum Gasteiger partial charge on any atom is -0.507 e. The van der Waals surface area contributed by atoms with Crippen molar-refractivity contribution in [1.82, 2.24) is 4.90 Å². The number of benzene rings is 3. The highest BCUT2D eigenvalue weighted by atomic mass is 16.5. The Bertz CT molecular complexity index is 1200. The molecule has 0 bridgehead atoms. The fourth-order valence-corrected chi connectivity index (χ4v) is 5.93. The van der Waals surface area contributed by atoms with Gasteiger partial charge in [0.2, 0.25) is 0 Å². The van der Waals surface area contributed by atoms with Crippen LogP contribution in [0.25, 0.3) is 11.1 Å². The van der Waals surface area contributed by atoms with E-state index in [1.165, 1.54) is 55.5 Å². The SMILES string of the molecule is COc1ccc(-c2c(O)ccc3c2CCCC3)c(N)c1CCc1ccc(OCCN2CCCCC2)cc1. The number of anilines is 1. The Kier molecular flexibility index (Phi) is 8.20. The lowest BCUT2D eigenvalue weighted by Crippen LogP contribution is -2.33. The van der Waals surface area contributed by atoms with Gasteiger partial charge >= 0.3 is 0 Å². The first kappa shape index (κ1) is 25.5. The van der Waals surface area contributed by atoms with Crippen LogP contribution in [-0.2, 0) is 25.7 Å². The van der Waals surface area contributed by atoms with Crippen molar-refractivity contribution in [3.63, 3.8) is 0 Å². The Morgan fingerprint density at radius 2 is 1.65 bits per heavy atom. The van der Waals surface area contributed by atoms with Gasteiger partial charge in [-0.1, -0.05) is 24.6 Å². The third kappa shape index (κ3) is 5.88. The summed E-state index contributed by atoms with van der Waals surface area (Å²) in [6.45, 7) is 4.12. The fraction of sp³-hybridized carbons (Fsp3) is 0.438. The zero-order chi connectivity index (χ0) is 25.6. The normalized spacial score (nSPS) is 15.8. The van der Waals surface area contributed by atoms with Gasteiger partial charge in [-0.3, -0.25) is 4.90 Å². The number of aromatic hydroxyl groups is 1. The second-order valence-corrected chi connectivity index (χ2v) is 10.4. The molecule has 0 saturated carbocycles. The number of nitrogen functional groups attached to an aromatic ring is 1. The summed E-state index contributed by atoms with van der Waals surface area (Å²) in [7, 11) is 1.69. The van der Waals surface area contributed by atoms with Gasteiger partial charge in [0.05, 0.1) is 7.11 Å². The first-order valence-electron chi connectivity index (χ1n) is 13.9. The van der Waals surface area contributed by atoms with Crippen LogP contribution in [0.4, 0.5) is 5.69 Å². The van der Waals surface area contributed by atoms with E-state index in [1.807, 2.05) is 18.2 Å². The van der Waals surface area contributed by atoms with E-state index in [-0.39, 0.29) is 0 Å². The van der Waals surface area contributed by atoms with Gasteiger partial charge in [0.1, 0.15) is 23.9 Å². The summed E-state index contributed by atoms with van der Waals surface area (Å²) in [5.74, 6) is 2.02. The number of phenolic OH excluding ortho intramolecular Hbond substituents is 1. The van der Waals surface area contributed by atoms with E-state index in [0.717, 1.165) is 73.4 Å². The minimum absolute atomic E-state index is 0.305. The number of likely N-dealkylation sites (tertiary alicyclic amines) is 1. The van der Waals surface area contributed by atoms with Crippen LogP contribution in [0, 0.1) is 0 Å². The number of methoxy groups -OCH3 is 1. The van der Waals surface area contributed by atoms with E-state index >= 15 is 0 Å². The molecule has 0 amide bonds. The topological polar surface area (TPSA) is 68.0 Å². The summed E-state index contributed by atoms with van der Waals surface area (Å²) in [6.07, 6.45) is 9.95. The molecule has 196 valence electrons. The standard InChI is InChI=1S/C32H40N2O3/c1-36-30-18-16-28(31-26-8-4-3-7-24(26)12-17-29(31)35)32(33)27(30)15-11-23-9-13-25(14-10-23)37-22-21-34-19-5-2-6-20-34/h9-10,12-14,16-18,35H,2-8,11,15,19-22,33H2,1H3. The molecule has 1 aliphatic heterocycles. The van der Waals surface area contributed by atoms with Crippen LogP contribution in [0.5, 0.6) is 17.2 Å². The van der Waals surface area contributed by atoms with Gasteiger partial charge in [-0.05, 0) is 111 Å². The molecule has 2 aliphatic rings. The van der Waals surface area contributed by atoms with Crippen LogP contribution in [0.1, 0.15) is 54.4 Å². The number of piperidine rings is 1. The van der Waals surface area contributed by atoms with E-state index in [1.54, 1.807) is 7.11 Å². The third-order valence-electron chi connectivity index (χ3n) is 8.03. The highest BCUT2D eigenvalue weighted by molar-refractivity contribution is 5.86. The van der Waals surface area contributed by atoms with Crippen LogP contribution in [-0.4, -0.2) is 43.4 Å². The highest BCUT2D eigenvalue weighted by Gasteiger charge is 2.21. The van der Waals surface area contributed by atoms with Gasteiger partial charge < -0.3 is 20.3 Å². The second kappa shape index (κ2) is 11.9. The molecule has 3 N–H and O–H groups in total. The van der Waals surface area contributed by atoms with Gasteiger partial charge in [-0.25, -0.2) is 0 Å². The number of fused-ring (bicyclic) bond motifs is 1. The van der Waals surface area contributed by atoms with Crippen molar-refractivity contribution in [2.45, 2.75) is 57.8 Å². The summed E-state index contributed by atoms with van der Waals surface area (Å²) in [6, 6.07) is 16.3. The Morgan fingerprint density at radius 3 is 2.43 bits per heavy atom. The Balaban J connectivity index is 1.28. The maximum absolute atomic E-state index is 10.8. The number of nitrogens with two attached hydrogens (primary N) is 1. The molecule has 1 fully saturated rings. The molecule has 0 radical (unpaired) electrons. The Morgan fingerprint density at radius 1 is 0.865 bits per heavy atom. The molecular weight excluding hydrogens is 460 g/mol. The third-order valence-corrected chi connectivity index (χ3v) is 8.03. The molecule has 5 nitrogen and oxygen atoms in total. The van der Waals surface area contributed by atoms with Crippen molar-refractivity contribution < 1.29 is 14.6 Å². The van der Waals surface area contributed by atoms with Crippen LogP contribution >= 0.6 is 0 Å². The van der Waals surface area contributed by atoms with Crippen molar-refractivity contribution in [3.05, 3.63) is 70.8 Å². The first-order chi connectivity index (χ1) is 18.1. The van der Waals surface area contributed by atoms with E-state index < -0.39 is 0 Å². The lowest BCUT2D eigenvalue weighted by atomic mass is 9.84. The van der Waals surface area contributed by atoms with Gasteiger partial charge in [-0.2, -0.15) is 0 Å². The van der Waals surface area contributed by atoms with E-state index in [0.29, 0.717) is 11.4 Å². The van der Waals surface area contributed by atoms with Gasteiger partial charge in [0.25, 0.3) is 0 Å². The molecule has 0 atom stereocenters. The molecule has 37 heavy (non-hydrogen) atoms. The molecule has 1 aliphatic carbocycles. The number of ether oxygens (including phenoxy) is 2. The molecule has 3 aromatic carbocycles. The minimum atomic E-state index is 0.305. The lowest BCUT2D eigenvalue weighted by Gasteiger charge is -2.26. The van der Waals surface area contributed by atoms with Gasteiger partial charge in [0.15, 0.2) is 0 Å². The van der Waals surface area contributed by atoms with Crippen LogP contribution < -0.4 is 15.2 Å². The Labute approximate surface area is 221 Å². The quantitative estimate of drug-likeness (QED) is 0.344. The summed E-state index contributed by atoms with van der Waals surface area (Å²) < 4.78 is 11.7. The molecule has 0 spiro atoms. The molecule has 5 heteroatoms. The van der Waals surface area contributed by atoms with E-state index in [2.05, 4.69) is 35.2 Å². The molecule has 5 rings (SSSR count). The number of hydrogen-bond acceptors (Lipinski definition) is 5. The highest BCUT2D eigenvalue weighted by Crippen LogP contribution is 2.43. The first-order valence-corrected chi connectivity index (χ1v) is 13.9. The number of nitrogens with zero attached hydrogens (tertiary/aromatic N) is 1. The fourth-order valence-electron chi connectivity index (χ4n) is 5.93. The zero-order valence-corrected chi connectivity index (χ0v) is 22.1. The average Bonchev–Trinajstić information content (AvgIpc) is 2.94. The maximum Gasteiger partial charge on any atom is 0.124 e. The van der Waals surface area contributed by atoms with Crippen molar-refractivity contribution >= 4 is 5.69 Å². The van der Waals surface area contributed by atoms with Crippen LogP contribution in [0.15, 0.2) is 48.5 Å². The smallest absolute Gasteiger partial charge is 0.124 e. The molecular formula is C32H40N2O3. The van der Waals surface area contributed by atoms with Crippen molar-refractivity contribution in [1.29, 1.82) is 0 Å². The maximum atomic E-state index is 10.8. The molecule has 0 unspecified atom stereocenters. The second-order valence-electron chi connectivity index (χ2n) is 10.4. The summed E-state index contributed by atoms with van der Waals surface area (Å²) in [5, 5.41) is 10.8. The lowest BCUT2D eigenvalue weighted by molar-refractivity contribution is 0.183. The molecule has 1 saturated heterocycles. The van der Waals surface area contributed by atoms with Crippen molar-refractivity contribution in [2.75, 3.05) is 39.1 Å². The van der Waals surface area contributed by atoms with E-state index in [4.69, 9.17) is 15.2 Å². The Hall–Kier alpha value is -3.18. The summed E-state index contributed by atoms with van der Waals surface area (Å²) in [5.41, 5.74) is 14.1. The summed E-state index contributed by atoms with van der Waals surface area (Å²) in [4.78, 5) is 2.49.